The number of carbonyl (C=O) groups is 5. The summed E-state index contributed by atoms with van der Waals surface area (Å²) < 4.78 is 14.3. The Morgan fingerprint density at radius 2 is 1.77 bits per heavy atom. The molecule has 2 N–H and O–H groups in total. The molecule has 0 radical (unpaired) electrons. The Labute approximate surface area is 446 Å². The summed E-state index contributed by atoms with van der Waals surface area (Å²) in [7, 11) is 3.35. The van der Waals surface area contributed by atoms with Gasteiger partial charge in [-0.15, -0.1) is 11.3 Å². The van der Waals surface area contributed by atoms with Gasteiger partial charge in [0.1, 0.15) is 18.1 Å². The molecule has 0 saturated carbocycles. The normalized spacial score (nSPS) is 22.2. The summed E-state index contributed by atoms with van der Waals surface area (Å²) in [6, 6.07) is 7.47. The van der Waals surface area contributed by atoms with E-state index in [9.17, 15) is 24.0 Å². The van der Waals surface area contributed by atoms with Gasteiger partial charge in [-0.1, -0.05) is 46.3 Å². The quantitative estimate of drug-likeness (QED) is 0.114. The van der Waals surface area contributed by atoms with E-state index in [0.717, 1.165) is 77.2 Å². The number of methoxy groups -OCH3 is 1. The maximum Gasteiger partial charge on any atom is 0.324 e. The predicted octanol–water partition coefficient (Wildman–Crippen LogP) is 7.25. The monoisotopic (exact) mass is 1050 g/mol. The Morgan fingerprint density at radius 3 is 2.49 bits per heavy atom. The van der Waals surface area contributed by atoms with Gasteiger partial charge in [-0.25, -0.2) is 15.2 Å². The topological polar surface area (TPSA) is 175 Å². The number of pyridine rings is 1. The van der Waals surface area contributed by atoms with Crippen molar-refractivity contribution in [2.75, 3.05) is 73.1 Å². The molecule has 9 rings (SSSR count). The minimum Gasteiger partial charge on any atom is -0.464 e. The van der Waals surface area contributed by atoms with E-state index >= 15 is 0 Å². The Hall–Kier alpha value is -5.69. The summed E-state index contributed by atoms with van der Waals surface area (Å²) in [6.07, 6.45) is 12.2. The molecule has 404 valence electrons. The van der Waals surface area contributed by atoms with Crippen molar-refractivity contribution >= 4 is 52.0 Å². The number of piperidine rings is 2. The van der Waals surface area contributed by atoms with Gasteiger partial charge in [0.15, 0.2) is 0 Å². The largest absolute Gasteiger partial charge is 0.464 e. The smallest absolute Gasteiger partial charge is 0.324 e. The van der Waals surface area contributed by atoms with Crippen molar-refractivity contribution in [1.29, 1.82) is 0 Å². The molecule has 1 aromatic carbocycles. The van der Waals surface area contributed by atoms with Crippen LogP contribution in [0.4, 0.5) is 4.79 Å². The zero-order chi connectivity index (χ0) is 53.2. The van der Waals surface area contributed by atoms with Gasteiger partial charge in [-0.2, -0.15) is 0 Å². The number of amides is 5. The Bertz CT molecular complexity index is 2760. The highest BCUT2D eigenvalue weighted by Crippen LogP contribution is 2.43. The van der Waals surface area contributed by atoms with Crippen LogP contribution in [0.1, 0.15) is 109 Å². The molecule has 0 aliphatic carbocycles. The number of benzene rings is 1. The van der Waals surface area contributed by atoms with Crippen LogP contribution in [0.2, 0.25) is 0 Å². The number of hydrogen-bond acceptors (Lipinski definition) is 12. The molecular weight excluding hydrogens is 969 g/mol. The van der Waals surface area contributed by atoms with E-state index in [2.05, 4.69) is 65.2 Å². The number of likely N-dealkylation sites (tertiary alicyclic amines) is 3. The van der Waals surface area contributed by atoms with Gasteiger partial charge in [0.25, 0.3) is 5.91 Å². The van der Waals surface area contributed by atoms with Crippen LogP contribution in [0.3, 0.4) is 0 Å². The molecule has 6 bridgehead atoms. The maximum absolute atomic E-state index is 14.8. The number of nitrogens with one attached hydrogen (secondary N) is 2. The molecule has 4 atom stereocenters. The lowest BCUT2D eigenvalue weighted by molar-refractivity contribution is -0.155. The van der Waals surface area contributed by atoms with Crippen LogP contribution < -0.4 is 10.7 Å². The minimum atomic E-state index is -1.07. The highest BCUT2D eigenvalue weighted by Gasteiger charge is 2.48. The number of urea groups is 1. The molecule has 4 saturated heterocycles. The molecule has 18 heteroatoms. The van der Waals surface area contributed by atoms with Crippen LogP contribution >= 0.6 is 11.3 Å². The number of cyclic esters (lactones) is 1. The standard InChI is InChI=1S/C57H78N10O7S/c1-9-66-46-20-19-39-30-41(46)42(51(66)40-16-13-23-58-49(40)38(4)73-8)32-56(5,6)36-74-54(71)43-17-14-27-67(61-43)53(70)44(31-47-59-45(39)33-75-47)60-52(69)50(37(2)3)62(7)55(72)64-28-21-57(22-29-64)34-65(35-57)48(68)18-15-26-63-24-11-10-12-25-63/h13,15-16,18-20,23,30,33,37-38,43-44,50,61H,9-12,14,17,21-22,24-29,31-32,34-36H2,1-8H3,(H,60,69)/b18-15+/t38-,43-,44-,50-/m0/s1. The second-order valence-electron chi connectivity index (χ2n) is 22.8. The maximum atomic E-state index is 14.8. The number of aromatic nitrogens is 3. The molecule has 0 unspecified atom stereocenters. The number of carbonyl (C=O) groups excluding carboxylic acids is 5. The highest BCUT2D eigenvalue weighted by atomic mass is 32.1. The lowest BCUT2D eigenvalue weighted by Crippen LogP contribution is -2.64. The molecule has 1 spiro atoms. The van der Waals surface area contributed by atoms with Gasteiger partial charge in [0, 0.05) is 117 Å². The van der Waals surface area contributed by atoms with Crippen LogP contribution in [0, 0.1) is 16.7 Å². The Morgan fingerprint density at radius 1 is 1.01 bits per heavy atom. The average molecular weight is 1050 g/mol. The summed E-state index contributed by atoms with van der Waals surface area (Å²) in [5, 5.41) is 8.23. The number of esters is 1. The van der Waals surface area contributed by atoms with Gasteiger partial charge in [-0.05, 0) is 108 Å². The van der Waals surface area contributed by atoms with Gasteiger partial charge in [0.2, 0.25) is 11.8 Å². The first-order valence-electron chi connectivity index (χ1n) is 27.3. The molecule has 5 aliphatic heterocycles. The van der Waals surface area contributed by atoms with Crippen LogP contribution in [-0.2, 0) is 48.0 Å². The molecule has 8 heterocycles. The first-order valence-corrected chi connectivity index (χ1v) is 28.2. The average Bonchev–Trinajstić information content (AvgIpc) is 4.00. The van der Waals surface area contributed by atoms with Crippen molar-refractivity contribution in [3.63, 3.8) is 0 Å². The third kappa shape index (κ3) is 11.7. The first kappa shape index (κ1) is 54.1. The highest BCUT2D eigenvalue weighted by molar-refractivity contribution is 7.10. The van der Waals surface area contributed by atoms with E-state index in [1.165, 1.54) is 40.5 Å². The minimum absolute atomic E-state index is 0.0116. The van der Waals surface area contributed by atoms with E-state index in [-0.39, 0.29) is 42.4 Å². The van der Waals surface area contributed by atoms with E-state index in [1.54, 1.807) is 26.4 Å². The lowest BCUT2D eigenvalue weighted by Gasteiger charge is -2.54. The van der Waals surface area contributed by atoms with Crippen LogP contribution in [0.5, 0.6) is 0 Å². The third-order valence-corrected chi connectivity index (χ3v) is 17.2. The van der Waals surface area contributed by atoms with Gasteiger partial charge >= 0.3 is 12.0 Å². The number of likely N-dealkylation sites (N-methyl/N-ethyl adjacent to an activating group) is 1. The number of ether oxygens (including phenoxy) is 2. The fourth-order valence-electron chi connectivity index (χ4n) is 12.0. The second kappa shape index (κ2) is 22.9. The fraction of sp³-hybridized carbons (Fsp3) is 0.596. The van der Waals surface area contributed by atoms with E-state index < -0.39 is 41.3 Å². The van der Waals surface area contributed by atoms with Crippen molar-refractivity contribution in [2.45, 2.75) is 130 Å². The molecule has 17 nitrogen and oxygen atoms in total. The summed E-state index contributed by atoms with van der Waals surface area (Å²) >= 11 is 1.42. The van der Waals surface area contributed by atoms with E-state index in [4.69, 9.17) is 19.4 Å². The number of aryl methyl sites for hydroxylation is 1. The lowest BCUT2D eigenvalue weighted by atomic mass is 9.72. The summed E-state index contributed by atoms with van der Waals surface area (Å²) in [6.45, 7) is 18.7. The number of hydrogen-bond donors (Lipinski definition) is 2. The SMILES string of the molecule is CCn1c(-c2cccnc2[C@H](C)OC)c2c3cc(ccc31)-c1csc(n1)C[C@H](NC(=O)[C@H](C(C)C)N(C)C(=O)N1CCC3(CC1)CN(C(=O)/C=C/CN1CCCCC1)C3)C(=O)N1CCC[C@H](N1)C(=O)OCC(C)(C)C2. The predicted molar refractivity (Wildman–Crippen MR) is 290 cm³/mol. The molecule has 4 fully saturated rings. The van der Waals surface area contributed by atoms with Crippen molar-refractivity contribution in [3.8, 4) is 22.5 Å². The number of fused-ring (bicyclic) bond motifs is 6. The fourth-order valence-corrected chi connectivity index (χ4v) is 12.9. The Kier molecular flexibility index (Phi) is 16.5. The summed E-state index contributed by atoms with van der Waals surface area (Å²) in [4.78, 5) is 88.3. The second-order valence-corrected chi connectivity index (χ2v) is 23.7. The van der Waals surface area contributed by atoms with E-state index in [0.29, 0.717) is 63.5 Å². The van der Waals surface area contributed by atoms with Crippen LogP contribution in [0.25, 0.3) is 33.4 Å². The van der Waals surface area contributed by atoms with Gasteiger partial charge in [-0.3, -0.25) is 34.1 Å². The Balaban J connectivity index is 0.946. The molecule has 4 aromatic rings. The third-order valence-electron chi connectivity index (χ3n) is 16.3. The molecule has 75 heavy (non-hydrogen) atoms. The van der Waals surface area contributed by atoms with Gasteiger partial charge in [0.05, 0.1) is 34.8 Å². The number of thiazole rings is 1. The molecule has 3 aromatic heterocycles. The van der Waals surface area contributed by atoms with Crippen molar-refractivity contribution < 1.29 is 33.4 Å². The van der Waals surface area contributed by atoms with E-state index in [1.807, 2.05) is 48.1 Å². The zero-order valence-electron chi connectivity index (χ0n) is 45.4. The first-order chi connectivity index (χ1) is 36.0. The summed E-state index contributed by atoms with van der Waals surface area (Å²) in [5.74, 6) is -1.55. The molecule has 5 aliphatic rings. The van der Waals surface area contributed by atoms with Gasteiger partial charge < -0.3 is 34.1 Å². The van der Waals surface area contributed by atoms with Crippen LogP contribution in [-0.4, -0.2) is 160 Å². The van der Waals surface area contributed by atoms with Crippen molar-refractivity contribution in [1.82, 2.24) is 49.9 Å². The van der Waals surface area contributed by atoms with Crippen molar-refractivity contribution in [2.24, 2.45) is 16.7 Å². The van der Waals surface area contributed by atoms with Crippen LogP contribution in [0.15, 0.2) is 54.1 Å². The zero-order valence-corrected chi connectivity index (χ0v) is 46.2. The molecular formula is C57H78N10O7S. The number of hydrazine groups is 1. The number of rotatable bonds is 11. The molecule has 5 amide bonds. The summed E-state index contributed by atoms with van der Waals surface area (Å²) in [5.41, 5.74) is 9.34. The van der Waals surface area contributed by atoms with Crippen molar-refractivity contribution in [3.05, 3.63) is 70.3 Å². The number of nitrogens with zero attached hydrogens (tertiary/aromatic N) is 8.